The summed E-state index contributed by atoms with van der Waals surface area (Å²) in [4.78, 5) is 27.3. The summed E-state index contributed by atoms with van der Waals surface area (Å²) in [5.74, 6) is 1.08. The van der Waals surface area contributed by atoms with Gasteiger partial charge in [-0.15, -0.1) is 0 Å². The van der Waals surface area contributed by atoms with Crippen molar-refractivity contribution in [2.45, 2.75) is 31.3 Å². The number of aromatic nitrogens is 2. The zero-order valence-corrected chi connectivity index (χ0v) is 23.0. The van der Waals surface area contributed by atoms with Gasteiger partial charge in [0.2, 0.25) is 0 Å². The van der Waals surface area contributed by atoms with Crippen LogP contribution in [0.2, 0.25) is 0 Å². The zero-order valence-electron chi connectivity index (χ0n) is 22.2. The normalized spacial score (nSPS) is 13.9. The monoisotopic (exact) mass is 541 g/mol. The average Bonchev–Trinajstić information content (AvgIpc) is 2.96. The molecule has 0 atom stereocenters. The Morgan fingerprint density at radius 3 is 2.36 bits per heavy atom. The molecule has 1 aromatic heterocycles. The van der Waals surface area contributed by atoms with Crippen molar-refractivity contribution in [3.8, 4) is 0 Å². The third-order valence-corrected chi connectivity index (χ3v) is 7.84. The lowest BCUT2D eigenvalue weighted by Gasteiger charge is -2.36. The first kappa shape index (κ1) is 26.8. The van der Waals surface area contributed by atoms with E-state index in [1.165, 1.54) is 17.7 Å². The van der Waals surface area contributed by atoms with Gasteiger partial charge in [0, 0.05) is 61.0 Å². The summed E-state index contributed by atoms with van der Waals surface area (Å²) in [6.45, 7) is 8.95. The molecule has 1 aliphatic heterocycles. The lowest BCUT2D eigenvalue weighted by Crippen LogP contribution is -2.46. The highest BCUT2D eigenvalue weighted by atomic mass is 32.2. The van der Waals surface area contributed by atoms with Crippen LogP contribution in [0, 0.1) is 19.7 Å². The Balaban J connectivity index is 1.21. The number of aryl methyl sites for hydroxylation is 1. The Kier molecular flexibility index (Phi) is 8.54. The summed E-state index contributed by atoms with van der Waals surface area (Å²) < 4.78 is 13.2. The number of halogens is 1. The van der Waals surface area contributed by atoms with Gasteiger partial charge in [0.1, 0.15) is 11.6 Å². The van der Waals surface area contributed by atoms with E-state index in [-0.39, 0.29) is 11.7 Å². The Hall–Kier alpha value is -3.75. The molecule has 8 heteroatoms. The van der Waals surface area contributed by atoms with Crippen molar-refractivity contribution in [1.82, 2.24) is 14.9 Å². The second-order valence-corrected chi connectivity index (χ2v) is 10.7. The number of thioether (sulfide) groups is 1. The van der Waals surface area contributed by atoms with Crippen molar-refractivity contribution in [2.24, 2.45) is 0 Å². The van der Waals surface area contributed by atoms with Gasteiger partial charge in [-0.3, -0.25) is 9.69 Å². The van der Waals surface area contributed by atoms with E-state index in [2.05, 4.69) is 52.4 Å². The third-order valence-electron chi connectivity index (χ3n) is 6.92. The van der Waals surface area contributed by atoms with Crippen molar-refractivity contribution in [1.29, 1.82) is 0 Å². The Morgan fingerprint density at radius 1 is 0.897 bits per heavy atom. The molecule has 2 heterocycles. The molecule has 1 N–H and O–H groups in total. The molecule has 0 bridgehead atoms. The van der Waals surface area contributed by atoms with Crippen molar-refractivity contribution in [3.05, 3.63) is 113 Å². The Bertz CT molecular complexity index is 1420. The fourth-order valence-corrected chi connectivity index (χ4v) is 5.43. The second kappa shape index (κ2) is 12.4. The fourth-order valence-electron chi connectivity index (χ4n) is 4.61. The smallest absolute Gasteiger partial charge is 0.255 e. The van der Waals surface area contributed by atoms with E-state index in [4.69, 9.17) is 9.97 Å². The Morgan fingerprint density at radius 2 is 1.62 bits per heavy atom. The van der Waals surface area contributed by atoms with Crippen molar-refractivity contribution in [3.63, 3.8) is 0 Å². The summed E-state index contributed by atoms with van der Waals surface area (Å²) >= 11 is 1.57. The summed E-state index contributed by atoms with van der Waals surface area (Å²) in [7, 11) is 0. The first-order valence-electron chi connectivity index (χ1n) is 13.1. The number of carbonyl (C=O) groups excluding carboxylic acids is 1. The quantitative estimate of drug-likeness (QED) is 0.215. The molecule has 39 heavy (non-hydrogen) atoms. The van der Waals surface area contributed by atoms with Crippen LogP contribution in [0.1, 0.15) is 32.7 Å². The fraction of sp³-hybridized carbons (Fsp3) is 0.258. The molecular formula is C31H32FN5OS. The lowest BCUT2D eigenvalue weighted by molar-refractivity contribution is 0.102. The van der Waals surface area contributed by atoms with Gasteiger partial charge in [0.15, 0.2) is 5.16 Å². The molecule has 0 aliphatic carbocycles. The average molecular weight is 542 g/mol. The highest BCUT2D eigenvalue weighted by Crippen LogP contribution is 2.27. The molecule has 0 unspecified atom stereocenters. The first-order valence-corrected chi connectivity index (χ1v) is 14.1. The highest BCUT2D eigenvalue weighted by Gasteiger charge is 2.21. The van der Waals surface area contributed by atoms with Gasteiger partial charge in [-0.25, -0.2) is 14.4 Å². The third kappa shape index (κ3) is 7.02. The van der Waals surface area contributed by atoms with Crippen molar-refractivity contribution >= 4 is 29.2 Å². The van der Waals surface area contributed by atoms with Gasteiger partial charge in [-0.05, 0) is 61.4 Å². The molecule has 1 amide bonds. The molecule has 1 fully saturated rings. The maximum Gasteiger partial charge on any atom is 0.255 e. The van der Waals surface area contributed by atoms with Crippen LogP contribution in [0.25, 0.3) is 0 Å². The van der Waals surface area contributed by atoms with Crippen LogP contribution < -0.4 is 10.2 Å². The maximum absolute atomic E-state index is 13.2. The zero-order chi connectivity index (χ0) is 27.2. The largest absolute Gasteiger partial charge is 0.354 e. The van der Waals surface area contributed by atoms with E-state index < -0.39 is 0 Å². The van der Waals surface area contributed by atoms with Gasteiger partial charge >= 0.3 is 0 Å². The molecular weight excluding hydrogens is 509 g/mol. The van der Waals surface area contributed by atoms with Crippen LogP contribution in [0.15, 0.2) is 84.0 Å². The van der Waals surface area contributed by atoms with Crippen LogP contribution in [-0.4, -0.2) is 47.0 Å². The summed E-state index contributed by atoms with van der Waals surface area (Å²) in [6, 6.07) is 23.9. The number of carbonyl (C=O) groups is 1. The molecule has 200 valence electrons. The minimum absolute atomic E-state index is 0.232. The number of piperazine rings is 1. The van der Waals surface area contributed by atoms with Crippen LogP contribution in [0.5, 0.6) is 0 Å². The number of hydrogen-bond acceptors (Lipinski definition) is 6. The number of anilines is 2. The van der Waals surface area contributed by atoms with E-state index in [0.717, 1.165) is 60.5 Å². The van der Waals surface area contributed by atoms with Gasteiger partial charge in [-0.2, -0.15) is 0 Å². The van der Waals surface area contributed by atoms with Gasteiger partial charge in [-0.1, -0.05) is 54.2 Å². The van der Waals surface area contributed by atoms with E-state index in [9.17, 15) is 9.18 Å². The number of nitrogens with zero attached hydrogens (tertiary/aromatic N) is 4. The number of nitrogens with one attached hydrogen (secondary N) is 1. The topological polar surface area (TPSA) is 61.4 Å². The number of amides is 1. The van der Waals surface area contributed by atoms with Gasteiger partial charge < -0.3 is 10.2 Å². The summed E-state index contributed by atoms with van der Waals surface area (Å²) in [5, 5.41) is 3.55. The maximum atomic E-state index is 13.2. The Labute approximate surface area is 233 Å². The van der Waals surface area contributed by atoms with Crippen molar-refractivity contribution in [2.75, 3.05) is 36.4 Å². The number of hydrogen-bond donors (Lipinski definition) is 1. The van der Waals surface area contributed by atoms with Crippen molar-refractivity contribution < 1.29 is 9.18 Å². The molecule has 0 spiro atoms. The molecule has 1 saturated heterocycles. The minimum Gasteiger partial charge on any atom is -0.354 e. The van der Waals surface area contributed by atoms with E-state index in [1.54, 1.807) is 30.0 Å². The van der Waals surface area contributed by atoms with Crippen LogP contribution >= 0.6 is 11.8 Å². The van der Waals surface area contributed by atoms with E-state index >= 15 is 0 Å². The predicted molar refractivity (Wildman–Crippen MR) is 156 cm³/mol. The molecule has 3 aromatic carbocycles. The standard InChI is InChI=1S/C31H32FN5OS/c1-22-23(2)33-31(35-29(22)37-17-15-36(16-18-37)20-24-7-4-3-5-8-24)39-21-25-9-6-10-26(19-25)30(38)34-28-13-11-27(32)12-14-28/h3-14,19H,15-18,20-21H2,1-2H3,(H,34,38). The highest BCUT2D eigenvalue weighted by molar-refractivity contribution is 7.98. The van der Waals surface area contributed by atoms with Gasteiger partial charge in [0.25, 0.3) is 5.91 Å². The van der Waals surface area contributed by atoms with Gasteiger partial charge in [0.05, 0.1) is 0 Å². The molecule has 6 nitrogen and oxygen atoms in total. The number of rotatable bonds is 8. The molecule has 5 rings (SSSR count). The molecule has 4 aromatic rings. The number of benzene rings is 3. The second-order valence-electron chi connectivity index (χ2n) is 9.74. The first-order chi connectivity index (χ1) is 18.9. The van der Waals surface area contributed by atoms with E-state index in [1.807, 2.05) is 25.1 Å². The predicted octanol–water partition coefficient (Wildman–Crippen LogP) is 6.10. The lowest BCUT2D eigenvalue weighted by atomic mass is 10.1. The molecule has 0 saturated carbocycles. The van der Waals surface area contributed by atoms with Crippen LogP contribution in [0.4, 0.5) is 15.9 Å². The van der Waals surface area contributed by atoms with Crippen LogP contribution in [-0.2, 0) is 12.3 Å². The minimum atomic E-state index is -0.339. The molecule has 1 aliphatic rings. The SMILES string of the molecule is Cc1nc(SCc2cccc(C(=O)Nc3ccc(F)cc3)c2)nc(N2CCN(Cc3ccccc3)CC2)c1C. The van der Waals surface area contributed by atoms with Crippen LogP contribution in [0.3, 0.4) is 0 Å². The summed E-state index contributed by atoms with van der Waals surface area (Å²) in [6.07, 6.45) is 0. The summed E-state index contributed by atoms with van der Waals surface area (Å²) in [5.41, 5.74) is 5.56. The molecule has 0 radical (unpaired) electrons. The van der Waals surface area contributed by atoms with E-state index in [0.29, 0.717) is 17.0 Å².